The highest BCUT2D eigenvalue weighted by Crippen LogP contribution is 2.44. The second-order valence-corrected chi connectivity index (χ2v) is 4.75. The first kappa shape index (κ1) is 14.7. The lowest BCUT2D eigenvalue weighted by atomic mass is 9.69. The molecule has 0 unspecified atom stereocenters. The molecule has 1 saturated carbocycles. The fourth-order valence-electron chi connectivity index (χ4n) is 2.51. The van der Waals surface area contributed by atoms with Crippen molar-refractivity contribution in [3.05, 3.63) is 11.8 Å². The van der Waals surface area contributed by atoms with E-state index >= 15 is 0 Å². The third-order valence-electron chi connectivity index (χ3n) is 3.52. The number of hydrogen-bond acceptors (Lipinski definition) is 4. The monoisotopic (exact) mass is 251 g/mol. The minimum Gasteiger partial charge on any atom is -0.504 e. The molecule has 100 valence electrons. The Balaban J connectivity index is 2.73. The van der Waals surface area contributed by atoms with Gasteiger partial charge >= 0.3 is 0 Å². The van der Waals surface area contributed by atoms with Gasteiger partial charge in [-0.25, -0.2) is 0 Å². The van der Waals surface area contributed by atoms with Crippen molar-refractivity contribution < 1.29 is 14.3 Å². The summed E-state index contributed by atoms with van der Waals surface area (Å²) in [6, 6.07) is 2.41. The average molecular weight is 251 g/mol. The van der Waals surface area contributed by atoms with Gasteiger partial charge in [0.1, 0.15) is 6.61 Å². The Hall–Kier alpha value is -1.34. The predicted molar refractivity (Wildman–Crippen MR) is 67.7 cm³/mol. The van der Waals surface area contributed by atoms with Gasteiger partial charge in [0.2, 0.25) is 0 Å². The van der Waals surface area contributed by atoms with Crippen molar-refractivity contribution >= 4 is 5.78 Å². The Morgan fingerprint density at radius 2 is 2.28 bits per heavy atom. The minimum atomic E-state index is -0.516. The molecular formula is C14H21NO3. The van der Waals surface area contributed by atoms with Crippen molar-refractivity contribution in [1.29, 1.82) is 5.26 Å². The highest BCUT2D eigenvalue weighted by atomic mass is 16.5. The summed E-state index contributed by atoms with van der Waals surface area (Å²) in [6.07, 6.45) is 6.48. The summed E-state index contributed by atoms with van der Waals surface area (Å²) in [5.74, 6) is 0.0504. The number of Topliss-reactive ketones (excluding diaryl/α,β-unsaturated/α-hetero) is 1. The predicted octanol–water partition coefficient (Wildman–Crippen LogP) is 2.60. The van der Waals surface area contributed by atoms with E-state index in [1.165, 1.54) is 7.11 Å². The van der Waals surface area contributed by atoms with Crippen LogP contribution < -0.4 is 0 Å². The van der Waals surface area contributed by atoms with Gasteiger partial charge < -0.3 is 9.47 Å². The lowest BCUT2D eigenvalue weighted by Gasteiger charge is -2.33. The fraction of sp³-hybridized carbons (Fsp3) is 0.714. The highest BCUT2D eigenvalue weighted by Gasteiger charge is 2.37. The number of hydrogen-bond donors (Lipinski definition) is 0. The van der Waals surface area contributed by atoms with Crippen LogP contribution in [0.5, 0.6) is 0 Å². The van der Waals surface area contributed by atoms with Gasteiger partial charge in [0.25, 0.3) is 0 Å². The van der Waals surface area contributed by atoms with Crippen LogP contribution in [0.15, 0.2) is 11.8 Å². The molecule has 0 saturated heterocycles. The SMILES string of the molecule is CO/C=C1/CCCC[C@]1(C#N)CCC(=O)COC. The largest absolute Gasteiger partial charge is 0.504 e. The first-order valence-corrected chi connectivity index (χ1v) is 6.33. The smallest absolute Gasteiger partial charge is 0.158 e. The van der Waals surface area contributed by atoms with Gasteiger partial charge in [-0.1, -0.05) is 6.42 Å². The van der Waals surface area contributed by atoms with Gasteiger partial charge in [0, 0.05) is 13.5 Å². The number of nitrogens with zero attached hydrogens (tertiary/aromatic N) is 1. The maximum absolute atomic E-state index is 11.5. The molecule has 1 fully saturated rings. The molecule has 18 heavy (non-hydrogen) atoms. The number of carbonyl (C=O) groups excluding carboxylic acids is 1. The van der Waals surface area contributed by atoms with Gasteiger partial charge in [-0.3, -0.25) is 4.79 Å². The zero-order valence-electron chi connectivity index (χ0n) is 11.2. The number of carbonyl (C=O) groups is 1. The molecule has 0 aromatic rings. The quantitative estimate of drug-likeness (QED) is 0.681. The van der Waals surface area contributed by atoms with Gasteiger partial charge in [0.15, 0.2) is 5.78 Å². The fourth-order valence-corrected chi connectivity index (χ4v) is 2.51. The second kappa shape index (κ2) is 7.17. The molecular weight excluding hydrogens is 230 g/mol. The topological polar surface area (TPSA) is 59.3 Å². The number of ether oxygens (including phenoxy) is 2. The maximum Gasteiger partial charge on any atom is 0.158 e. The average Bonchev–Trinajstić information content (AvgIpc) is 2.39. The summed E-state index contributed by atoms with van der Waals surface area (Å²) >= 11 is 0. The normalized spacial score (nSPS) is 25.7. The molecule has 0 heterocycles. The van der Waals surface area contributed by atoms with Crippen LogP contribution >= 0.6 is 0 Å². The zero-order valence-corrected chi connectivity index (χ0v) is 11.2. The molecule has 0 radical (unpaired) electrons. The van der Waals surface area contributed by atoms with Crippen LogP contribution in [0.25, 0.3) is 0 Å². The Morgan fingerprint density at radius 3 is 2.89 bits per heavy atom. The third kappa shape index (κ3) is 3.58. The Kier molecular flexibility index (Phi) is 5.87. The number of rotatable bonds is 6. The molecule has 1 atom stereocenters. The van der Waals surface area contributed by atoms with Crippen LogP contribution in [0.2, 0.25) is 0 Å². The van der Waals surface area contributed by atoms with E-state index in [4.69, 9.17) is 9.47 Å². The van der Waals surface area contributed by atoms with E-state index in [-0.39, 0.29) is 12.4 Å². The second-order valence-electron chi connectivity index (χ2n) is 4.75. The summed E-state index contributed by atoms with van der Waals surface area (Å²) in [7, 11) is 3.11. The standard InChI is InChI=1S/C14H21NO3/c1-17-9-12-5-3-4-7-14(12,11-15)8-6-13(16)10-18-2/h9H,3-8,10H2,1-2H3/b12-9-/t14-/m1/s1. The zero-order chi connectivity index (χ0) is 13.4. The summed E-state index contributed by atoms with van der Waals surface area (Å²) < 4.78 is 9.88. The number of allylic oxidation sites excluding steroid dienone is 1. The van der Waals surface area contributed by atoms with Crippen LogP contribution in [0, 0.1) is 16.7 Å². The van der Waals surface area contributed by atoms with Crippen molar-refractivity contribution in [1.82, 2.24) is 0 Å². The van der Waals surface area contributed by atoms with Crippen molar-refractivity contribution in [3.8, 4) is 6.07 Å². The molecule has 1 aliphatic rings. The van der Waals surface area contributed by atoms with E-state index in [0.717, 1.165) is 31.3 Å². The van der Waals surface area contributed by atoms with Crippen molar-refractivity contribution in [2.45, 2.75) is 38.5 Å². The van der Waals surface area contributed by atoms with Crippen LogP contribution in [0.1, 0.15) is 38.5 Å². The van der Waals surface area contributed by atoms with E-state index in [1.54, 1.807) is 13.4 Å². The molecule has 4 heteroatoms. The van der Waals surface area contributed by atoms with E-state index in [2.05, 4.69) is 6.07 Å². The Bertz CT molecular complexity index is 357. The molecule has 0 spiro atoms. The Labute approximate surface area is 109 Å². The molecule has 0 amide bonds. The van der Waals surface area contributed by atoms with Crippen LogP contribution in [-0.4, -0.2) is 26.6 Å². The lowest BCUT2D eigenvalue weighted by molar-refractivity contribution is -0.123. The molecule has 1 rings (SSSR count). The van der Waals surface area contributed by atoms with Gasteiger partial charge in [-0.05, 0) is 31.3 Å². The number of nitriles is 1. The number of methoxy groups -OCH3 is 2. The van der Waals surface area contributed by atoms with Crippen LogP contribution in [-0.2, 0) is 14.3 Å². The molecule has 0 aromatic carbocycles. The molecule has 0 N–H and O–H groups in total. The first-order chi connectivity index (χ1) is 8.68. The van der Waals surface area contributed by atoms with E-state index in [0.29, 0.717) is 12.8 Å². The van der Waals surface area contributed by atoms with Gasteiger partial charge in [0.05, 0.1) is 24.9 Å². The number of ketones is 1. The first-order valence-electron chi connectivity index (χ1n) is 6.33. The highest BCUT2D eigenvalue weighted by molar-refractivity contribution is 5.79. The van der Waals surface area contributed by atoms with E-state index < -0.39 is 5.41 Å². The molecule has 1 aliphatic carbocycles. The van der Waals surface area contributed by atoms with Crippen molar-refractivity contribution in [2.75, 3.05) is 20.8 Å². The third-order valence-corrected chi connectivity index (χ3v) is 3.52. The maximum atomic E-state index is 11.5. The summed E-state index contributed by atoms with van der Waals surface area (Å²) in [5.41, 5.74) is 0.515. The molecule has 0 aliphatic heterocycles. The molecule has 0 bridgehead atoms. The van der Waals surface area contributed by atoms with Gasteiger partial charge in [-0.15, -0.1) is 0 Å². The van der Waals surface area contributed by atoms with E-state index in [1.807, 2.05) is 0 Å². The van der Waals surface area contributed by atoms with Crippen molar-refractivity contribution in [3.63, 3.8) is 0 Å². The van der Waals surface area contributed by atoms with Crippen LogP contribution in [0.4, 0.5) is 0 Å². The Morgan fingerprint density at radius 1 is 1.50 bits per heavy atom. The van der Waals surface area contributed by atoms with E-state index in [9.17, 15) is 10.1 Å². The lowest BCUT2D eigenvalue weighted by Crippen LogP contribution is -2.27. The summed E-state index contributed by atoms with van der Waals surface area (Å²) in [5, 5.41) is 9.49. The molecule has 4 nitrogen and oxygen atoms in total. The van der Waals surface area contributed by atoms with Gasteiger partial charge in [-0.2, -0.15) is 5.26 Å². The summed E-state index contributed by atoms with van der Waals surface area (Å²) in [6.45, 7) is 0.130. The summed E-state index contributed by atoms with van der Waals surface area (Å²) in [4.78, 5) is 11.5. The van der Waals surface area contributed by atoms with Crippen molar-refractivity contribution in [2.24, 2.45) is 5.41 Å². The minimum absolute atomic E-state index is 0.0504. The molecule has 0 aromatic heterocycles. The van der Waals surface area contributed by atoms with Crippen LogP contribution in [0.3, 0.4) is 0 Å².